The average molecular weight is 446 g/mol. The molecule has 0 aliphatic rings. The summed E-state index contributed by atoms with van der Waals surface area (Å²) < 4.78 is 27.9. The molecular weight excluding hydrogens is 414 g/mol. The minimum atomic E-state index is -3.76. The lowest BCUT2D eigenvalue weighted by molar-refractivity contribution is -0.129. The van der Waals surface area contributed by atoms with Gasteiger partial charge in [-0.3, -0.25) is 9.59 Å². The van der Waals surface area contributed by atoms with Gasteiger partial charge in [0, 0.05) is 36.8 Å². The molecule has 0 aromatic heterocycles. The Morgan fingerprint density at radius 1 is 1.06 bits per heavy atom. The van der Waals surface area contributed by atoms with E-state index < -0.39 is 21.5 Å². The van der Waals surface area contributed by atoms with Crippen molar-refractivity contribution in [2.45, 2.75) is 58.5 Å². The Balaban J connectivity index is 2.27. The number of amides is 2. The molecule has 7 nitrogen and oxygen atoms in total. The van der Waals surface area contributed by atoms with Crippen molar-refractivity contribution in [2.75, 3.05) is 11.9 Å². The summed E-state index contributed by atoms with van der Waals surface area (Å²) in [5, 5.41) is 2.83. The van der Waals surface area contributed by atoms with Crippen LogP contribution in [0.2, 0.25) is 0 Å². The quantitative estimate of drug-likeness (QED) is 0.679. The van der Waals surface area contributed by atoms with Crippen molar-refractivity contribution in [3.8, 4) is 0 Å². The Morgan fingerprint density at radius 2 is 1.74 bits per heavy atom. The number of carbonyl (C=O) groups is 2. The van der Waals surface area contributed by atoms with E-state index in [4.69, 9.17) is 0 Å². The Labute approximate surface area is 184 Å². The molecule has 168 valence electrons. The van der Waals surface area contributed by atoms with Gasteiger partial charge in [0.15, 0.2) is 0 Å². The molecule has 0 radical (unpaired) electrons. The minimum absolute atomic E-state index is 0.0190. The normalized spacial score (nSPS) is 11.8. The van der Waals surface area contributed by atoms with Gasteiger partial charge in [0.25, 0.3) is 5.91 Å². The first kappa shape index (κ1) is 24.6. The van der Waals surface area contributed by atoms with Crippen molar-refractivity contribution in [2.24, 2.45) is 0 Å². The van der Waals surface area contributed by atoms with E-state index in [1.807, 2.05) is 13.0 Å². The predicted octanol–water partition coefficient (Wildman–Crippen LogP) is 3.69. The van der Waals surface area contributed by atoms with Crippen molar-refractivity contribution >= 4 is 27.5 Å². The molecule has 0 aliphatic heterocycles. The zero-order valence-electron chi connectivity index (χ0n) is 18.9. The van der Waals surface area contributed by atoms with E-state index in [0.717, 1.165) is 5.56 Å². The first-order chi connectivity index (χ1) is 14.3. The summed E-state index contributed by atoms with van der Waals surface area (Å²) in [4.78, 5) is 26.3. The molecule has 0 unspecified atom stereocenters. The zero-order chi connectivity index (χ0) is 23.4. The smallest absolute Gasteiger partial charge is 0.255 e. The summed E-state index contributed by atoms with van der Waals surface area (Å²) in [5.74, 6) is -0.421. The van der Waals surface area contributed by atoms with E-state index in [-0.39, 0.29) is 16.4 Å². The number of carbonyl (C=O) groups excluding carboxylic acids is 2. The van der Waals surface area contributed by atoms with Crippen molar-refractivity contribution in [1.82, 2.24) is 9.62 Å². The van der Waals surface area contributed by atoms with Gasteiger partial charge >= 0.3 is 0 Å². The maximum absolute atomic E-state index is 12.9. The molecule has 2 N–H and O–H groups in total. The van der Waals surface area contributed by atoms with Crippen LogP contribution in [0.5, 0.6) is 0 Å². The summed E-state index contributed by atoms with van der Waals surface area (Å²) in [5.41, 5.74) is 1.76. The predicted molar refractivity (Wildman–Crippen MR) is 122 cm³/mol. The SMILES string of the molecule is CCN(Cc1cccc(NC(=O)c2cc(S(=O)(=O)NC(C)(C)C)ccc2C)c1)C(C)=O. The third-order valence-corrected chi connectivity index (χ3v) is 6.35. The lowest BCUT2D eigenvalue weighted by Crippen LogP contribution is -2.40. The summed E-state index contributed by atoms with van der Waals surface area (Å²) in [6.07, 6.45) is 0. The molecule has 2 rings (SSSR count). The van der Waals surface area contributed by atoms with Gasteiger partial charge in [0.1, 0.15) is 0 Å². The van der Waals surface area contributed by atoms with Gasteiger partial charge in [-0.05, 0) is 70.0 Å². The van der Waals surface area contributed by atoms with Crippen LogP contribution in [-0.2, 0) is 21.4 Å². The Kier molecular flexibility index (Phi) is 7.62. The van der Waals surface area contributed by atoms with Crippen LogP contribution < -0.4 is 10.0 Å². The van der Waals surface area contributed by atoms with E-state index in [1.165, 1.54) is 19.1 Å². The largest absolute Gasteiger partial charge is 0.339 e. The molecule has 0 saturated heterocycles. The Hall–Kier alpha value is -2.71. The monoisotopic (exact) mass is 445 g/mol. The maximum Gasteiger partial charge on any atom is 0.255 e. The van der Waals surface area contributed by atoms with Crippen LogP contribution >= 0.6 is 0 Å². The molecule has 2 aromatic rings. The van der Waals surface area contributed by atoms with Crippen molar-refractivity contribution < 1.29 is 18.0 Å². The summed E-state index contributed by atoms with van der Waals surface area (Å²) >= 11 is 0. The van der Waals surface area contributed by atoms with Crippen LogP contribution in [0.25, 0.3) is 0 Å². The first-order valence-electron chi connectivity index (χ1n) is 10.1. The molecule has 0 spiro atoms. The van der Waals surface area contributed by atoms with Crippen LogP contribution in [0, 0.1) is 6.92 Å². The molecular formula is C23H31N3O4S. The molecule has 0 aliphatic carbocycles. The number of nitrogens with zero attached hydrogens (tertiary/aromatic N) is 1. The fraction of sp³-hybridized carbons (Fsp3) is 0.391. The standard InChI is InChI=1S/C23H31N3O4S/c1-7-26(17(3)27)15-18-9-8-10-19(13-18)24-22(28)21-14-20(12-11-16(21)2)31(29,30)25-23(4,5)6/h8-14,25H,7,15H2,1-6H3,(H,24,28). The summed E-state index contributed by atoms with van der Waals surface area (Å²) in [6.45, 7) is 11.5. The van der Waals surface area contributed by atoms with E-state index in [2.05, 4.69) is 10.0 Å². The first-order valence-corrected chi connectivity index (χ1v) is 11.6. The number of sulfonamides is 1. The lowest BCUT2D eigenvalue weighted by Gasteiger charge is -2.21. The molecule has 0 atom stereocenters. The van der Waals surface area contributed by atoms with Gasteiger partial charge < -0.3 is 10.2 Å². The second kappa shape index (κ2) is 9.62. The summed E-state index contributed by atoms with van der Waals surface area (Å²) in [7, 11) is -3.76. The second-order valence-electron chi connectivity index (χ2n) is 8.52. The lowest BCUT2D eigenvalue weighted by atomic mass is 10.1. The maximum atomic E-state index is 12.9. The van der Waals surface area contributed by atoms with E-state index in [0.29, 0.717) is 24.3 Å². The number of hydrogen-bond acceptors (Lipinski definition) is 4. The van der Waals surface area contributed by atoms with Gasteiger partial charge in [-0.25, -0.2) is 13.1 Å². The van der Waals surface area contributed by atoms with E-state index >= 15 is 0 Å². The van der Waals surface area contributed by atoms with Crippen LogP contribution in [-0.4, -0.2) is 37.2 Å². The molecule has 0 saturated carbocycles. The molecule has 31 heavy (non-hydrogen) atoms. The highest BCUT2D eigenvalue weighted by Crippen LogP contribution is 2.20. The topological polar surface area (TPSA) is 95.6 Å². The van der Waals surface area contributed by atoms with Gasteiger partial charge in [-0.2, -0.15) is 0 Å². The average Bonchev–Trinajstić information content (AvgIpc) is 2.64. The van der Waals surface area contributed by atoms with Crippen molar-refractivity contribution in [3.63, 3.8) is 0 Å². The Bertz CT molecular complexity index is 1070. The van der Waals surface area contributed by atoms with Gasteiger partial charge in [-0.15, -0.1) is 0 Å². The van der Waals surface area contributed by atoms with Crippen LogP contribution in [0.15, 0.2) is 47.4 Å². The fourth-order valence-corrected chi connectivity index (χ4v) is 4.53. The van der Waals surface area contributed by atoms with Gasteiger partial charge in [0.2, 0.25) is 15.9 Å². The number of hydrogen-bond donors (Lipinski definition) is 2. The minimum Gasteiger partial charge on any atom is -0.339 e. The third kappa shape index (κ3) is 6.90. The number of benzene rings is 2. The van der Waals surface area contributed by atoms with Gasteiger partial charge in [0.05, 0.1) is 4.90 Å². The third-order valence-electron chi connectivity index (χ3n) is 4.59. The summed E-state index contributed by atoms with van der Waals surface area (Å²) in [6, 6.07) is 11.7. The van der Waals surface area contributed by atoms with Crippen LogP contribution in [0.1, 0.15) is 56.1 Å². The molecule has 2 aromatic carbocycles. The number of rotatable bonds is 7. The fourth-order valence-electron chi connectivity index (χ4n) is 3.09. The zero-order valence-corrected chi connectivity index (χ0v) is 19.8. The molecule has 8 heteroatoms. The van der Waals surface area contributed by atoms with Crippen LogP contribution in [0.3, 0.4) is 0 Å². The molecule has 2 amide bonds. The molecule has 0 heterocycles. The van der Waals surface area contributed by atoms with Gasteiger partial charge in [-0.1, -0.05) is 18.2 Å². The number of nitrogens with one attached hydrogen (secondary N) is 2. The van der Waals surface area contributed by atoms with Crippen molar-refractivity contribution in [3.05, 3.63) is 59.2 Å². The molecule has 0 fully saturated rings. The number of anilines is 1. The highest BCUT2D eigenvalue weighted by atomic mass is 32.2. The Morgan fingerprint density at radius 3 is 2.32 bits per heavy atom. The second-order valence-corrected chi connectivity index (χ2v) is 10.2. The highest BCUT2D eigenvalue weighted by molar-refractivity contribution is 7.89. The van der Waals surface area contributed by atoms with Crippen molar-refractivity contribution in [1.29, 1.82) is 0 Å². The van der Waals surface area contributed by atoms with E-state index in [1.54, 1.807) is 56.9 Å². The highest BCUT2D eigenvalue weighted by Gasteiger charge is 2.23. The van der Waals surface area contributed by atoms with Crippen LogP contribution in [0.4, 0.5) is 5.69 Å². The number of aryl methyl sites for hydroxylation is 1. The molecule has 0 bridgehead atoms. The van der Waals surface area contributed by atoms with E-state index in [9.17, 15) is 18.0 Å².